The number of carbonyl (C=O) groups excluding carboxylic acids is 2. The van der Waals surface area contributed by atoms with Crippen LogP contribution in [0.5, 0.6) is 0 Å². The molecule has 0 bridgehead atoms. The molecule has 0 spiro atoms. The van der Waals surface area contributed by atoms with Crippen LogP contribution in [0.4, 0.5) is 0 Å². The SMILES string of the molecule is CCS(=O)(=O)N1CCC(C(=O)OC(C)C(=O)c2c(C)[nH]c3ccccc23)CC1. The summed E-state index contributed by atoms with van der Waals surface area (Å²) in [6, 6.07) is 7.51. The summed E-state index contributed by atoms with van der Waals surface area (Å²) in [7, 11) is -3.24. The predicted octanol–water partition coefficient (Wildman–Crippen LogP) is 2.65. The fraction of sp³-hybridized carbons (Fsp3) is 0.500. The molecule has 7 nitrogen and oxygen atoms in total. The summed E-state index contributed by atoms with van der Waals surface area (Å²) in [4.78, 5) is 28.6. The van der Waals surface area contributed by atoms with Gasteiger partial charge in [0.25, 0.3) is 0 Å². The van der Waals surface area contributed by atoms with Crippen molar-refractivity contribution in [3.05, 3.63) is 35.5 Å². The molecule has 1 fully saturated rings. The molecule has 1 aliphatic heterocycles. The number of sulfonamides is 1. The van der Waals surface area contributed by atoms with Crippen molar-refractivity contribution < 1.29 is 22.7 Å². The molecule has 1 aromatic heterocycles. The third kappa shape index (κ3) is 3.98. The first-order valence-corrected chi connectivity index (χ1v) is 11.1. The number of aromatic amines is 1. The van der Waals surface area contributed by atoms with Gasteiger partial charge in [-0.3, -0.25) is 9.59 Å². The van der Waals surface area contributed by atoms with Crippen LogP contribution in [0, 0.1) is 12.8 Å². The largest absolute Gasteiger partial charge is 0.454 e. The zero-order chi connectivity index (χ0) is 20.5. The molecule has 3 rings (SSSR count). The highest BCUT2D eigenvalue weighted by atomic mass is 32.2. The smallest absolute Gasteiger partial charge is 0.309 e. The van der Waals surface area contributed by atoms with Crippen LogP contribution < -0.4 is 0 Å². The fourth-order valence-corrected chi connectivity index (χ4v) is 4.81. The molecule has 1 atom stereocenters. The summed E-state index contributed by atoms with van der Waals surface area (Å²) in [6.45, 7) is 5.62. The molecule has 1 saturated heterocycles. The number of aromatic nitrogens is 1. The zero-order valence-corrected chi connectivity index (χ0v) is 17.2. The van der Waals surface area contributed by atoms with Crippen LogP contribution in [0.1, 0.15) is 42.7 Å². The lowest BCUT2D eigenvalue weighted by molar-refractivity contribution is -0.152. The van der Waals surface area contributed by atoms with Gasteiger partial charge in [-0.2, -0.15) is 0 Å². The van der Waals surface area contributed by atoms with Gasteiger partial charge >= 0.3 is 5.97 Å². The van der Waals surface area contributed by atoms with Crippen molar-refractivity contribution in [1.82, 2.24) is 9.29 Å². The highest BCUT2D eigenvalue weighted by Crippen LogP contribution is 2.25. The van der Waals surface area contributed by atoms with Crippen LogP contribution in [0.2, 0.25) is 0 Å². The molecule has 1 aromatic carbocycles. The maximum absolute atomic E-state index is 12.9. The van der Waals surface area contributed by atoms with Crippen molar-refractivity contribution >= 4 is 32.7 Å². The molecule has 2 heterocycles. The van der Waals surface area contributed by atoms with Gasteiger partial charge in [0.15, 0.2) is 6.10 Å². The minimum atomic E-state index is -3.24. The number of Topliss-reactive ketones (excluding diaryl/α,β-unsaturated/α-hetero) is 1. The number of nitrogens with one attached hydrogen (secondary N) is 1. The molecule has 1 aliphatic rings. The molecule has 8 heteroatoms. The van der Waals surface area contributed by atoms with E-state index in [2.05, 4.69) is 4.98 Å². The van der Waals surface area contributed by atoms with E-state index in [1.807, 2.05) is 31.2 Å². The van der Waals surface area contributed by atoms with Gasteiger partial charge in [0.2, 0.25) is 15.8 Å². The normalized spacial score (nSPS) is 17.5. The molecule has 2 aromatic rings. The lowest BCUT2D eigenvalue weighted by Crippen LogP contribution is -2.42. The minimum absolute atomic E-state index is 0.0532. The lowest BCUT2D eigenvalue weighted by atomic mass is 9.98. The summed E-state index contributed by atoms with van der Waals surface area (Å²) < 4.78 is 30.7. The standard InChI is InChI=1S/C20H26N2O5S/c1-4-28(25,26)22-11-9-15(10-12-22)20(24)27-14(3)19(23)18-13(2)21-17-8-6-5-7-16(17)18/h5-8,14-15,21H,4,9-12H2,1-3H3. The average Bonchev–Trinajstić information content (AvgIpc) is 3.03. The number of ketones is 1. The van der Waals surface area contributed by atoms with Gasteiger partial charge in [0.1, 0.15) is 0 Å². The Bertz CT molecular complexity index is 987. The van der Waals surface area contributed by atoms with Crippen LogP contribution in [-0.2, 0) is 19.6 Å². The summed E-state index contributed by atoms with van der Waals surface area (Å²) in [5.41, 5.74) is 2.15. The van der Waals surface area contributed by atoms with Gasteiger partial charge < -0.3 is 9.72 Å². The van der Waals surface area contributed by atoms with Crippen LogP contribution in [0.25, 0.3) is 10.9 Å². The number of para-hydroxylation sites is 1. The maximum Gasteiger partial charge on any atom is 0.309 e. The molecule has 1 N–H and O–H groups in total. The van der Waals surface area contributed by atoms with Crippen molar-refractivity contribution in [3.63, 3.8) is 0 Å². The number of hydrogen-bond acceptors (Lipinski definition) is 5. The number of aryl methyl sites for hydroxylation is 1. The van der Waals surface area contributed by atoms with E-state index in [1.165, 1.54) is 4.31 Å². The monoisotopic (exact) mass is 406 g/mol. The molecule has 152 valence electrons. The number of ether oxygens (including phenoxy) is 1. The van der Waals surface area contributed by atoms with Gasteiger partial charge in [0, 0.05) is 35.2 Å². The summed E-state index contributed by atoms with van der Waals surface area (Å²) in [5, 5.41) is 0.811. The average molecular weight is 407 g/mol. The number of carbonyl (C=O) groups is 2. The van der Waals surface area contributed by atoms with Crippen molar-refractivity contribution in [2.75, 3.05) is 18.8 Å². The van der Waals surface area contributed by atoms with E-state index in [0.29, 0.717) is 31.5 Å². The van der Waals surface area contributed by atoms with Gasteiger partial charge in [0.05, 0.1) is 11.7 Å². The number of esters is 1. The minimum Gasteiger partial charge on any atom is -0.454 e. The van der Waals surface area contributed by atoms with E-state index in [9.17, 15) is 18.0 Å². The highest BCUT2D eigenvalue weighted by molar-refractivity contribution is 7.89. The lowest BCUT2D eigenvalue weighted by Gasteiger charge is -2.30. The molecule has 0 amide bonds. The Morgan fingerprint density at radius 1 is 1.25 bits per heavy atom. The van der Waals surface area contributed by atoms with Crippen LogP contribution in [0.15, 0.2) is 24.3 Å². The molecule has 0 saturated carbocycles. The van der Waals surface area contributed by atoms with Gasteiger partial charge in [-0.05, 0) is 39.7 Å². The van der Waals surface area contributed by atoms with Gasteiger partial charge in [-0.1, -0.05) is 18.2 Å². The Labute approximate surface area is 165 Å². The second kappa shape index (κ2) is 8.05. The van der Waals surface area contributed by atoms with Crippen LogP contribution in [-0.4, -0.2) is 54.4 Å². The highest BCUT2D eigenvalue weighted by Gasteiger charge is 2.33. The number of H-pyrrole nitrogens is 1. The van der Waals surface area contributed by atoms with E-state index in [4.69, 9.17) is 4.74 Å². The third-order valence-electron chi connectivity index (χ3n) is 5.35. The van der Waals surface area contributed by atoms with E-state index in [0.717, 1.165) is 16.6 Å². The molecule has 0 radical (unpaired) electrons. The summed E-state index contributed by atoms with van der Waals surface area (Å²) in [5.74, 6) is -1.01. The van der Waals surface area contributed by atoms with Gasteiger partial charge in [-0.15, -0.1) is 0 Å². The molecule has 28 heavy (non-hydrogen) atoms. The Morgan fingerprint density at radius 3 is 2.54 bits per heavy atom. The van der Waals surface area contributed by atoms with Gasteiger partial charge in [-0.25, -0.2) is 12.7 Å². The van der Waals surface area contributed by atoms with E-state index in [-0.39, 0.29) is 17.5 Å². The first-order valence-electron chi connectivity index (χ1n) is 9.54. The Balaban J connectivity index is 1.65. The second-order valence-corrected chi connectivity index (χ2v) is 9.45. The Morgan fingerprint density at radius 2 is 1.89 bits per heavy atom. The first kappa shape index (κ1) is 20.5. The number of benzene rings is 1. The molecule has 0 aliphatic carbocycles. The second-order valence-electron chi connectivity index (χ2n) is 7.19. The number of piperidine rings is 1. The zero-order valence-electron chi connectivity index (χ0n) is 16.4. The number of fused-ring (bicyclic) bond motifs is 1. The fourth-order valence-electron chi connectivity index (χ4n) is 3.67. The topological polar surface area (TPSA) is 96.5 Å². The summed E-state index contributed by atoms with van der Waals surface area (Å²) in [6.07, 6.45) is -0.0845. The molecule has 1 unspecified atom stereocenters. The molecular weight excluding hydrogens is 380 g/mol. The van der Waals surface area contributed by atoms with Crippen LogP contribution in [0.3, 0.4) is 0 Å². The first-order chi connectivity index (χ1) is 13.2. The quantitative estimate of drug-likeness (QED) is 0.588. The maximum atomic E-state index is 12.9. The number of rotatable bonds is 6. The number of nitrogens with zero attached hydrogens (tertiary/aromatic N) is 1. The van der Waals surface area contributed by atoms with Crippen molar-refractivity contribution in [2.24, 2.45) is 5.92 Å². The summed E-state index contributed by atoms with van der Waals surface area (Å²) >= 11 is 0. The molecular formula is C20H26N2O5S. The van der Waals surface area contributed by atoms with E-state index >= 15 is 0 Å². The van der Waals surface area contributed by atoms with Crippen LogP contribution >= 0.6 is 0 Å². The van der Waals surface area contributed by atoms with Crippen molar-refractivity contribution in [2.45, 2.75) is 39.7 Å². The predicted molar refractivity (Wildman–Crippen MR) is 107 cm³/mol. The van der Waals surface area contributed by atoms with Crippen molar-refractivity contribution in [3.8, 4) is 0 Å². The number of hydrogen-bond donors (Lipinski definition) is 1. The Hall–Kier alpha value is -2.19. The van der Waals surface area contributed by atoms with E-state index in [1.54, 1.807) is 13.8 Å². The Kier molecular flexibility index (Phi) is 5.90. The van der Waals surface area contributed by atoms with E-state index < -0.39 is 22.1 Å². The van der Waals surface area contributed by atoms with Crippen molar-refractivity contribution in [1.29, 1.82) is 0 Å². The third-order valence-corrected chi connectivity index (χ3v) is 7.23.